The first-order chi connectivity index (χ1) is 8.76. The minimum atomic E-state index is -0.685. The number of primary amides is 1. The summed E-state index contributed by atoms with van der Waals surface area (Å²) < 4.78 is 0. The highest BCUT2D eigenvalue weighted by atomic mass is 35.5. The van der Waals surface area contributed by atoms with Gasteiger partial charge in [-0.2, -0.15) is 0 Å². The second-order valence-corrected chi connectivity index (χ2v) is 5.47. The summed E-state index contributed by atoms with van der Waals surface area (Å²) in [5.74, 6) is -0.0317. The van der Waals surface area contributed by atoms with Crippen LogP contribution in [-0.2, 0) is 4.79 Å². The van der Waals surface area contributed by atoms with Crippen molar-refractivity contribution < 1.29 is 9.59 Å². The molecule has 20 heavy (non-hydrogen) atoms. The molecule has 6 N–H and O–H groups in total. The standard InChI is InChI=1S/C13H28N4O2.ClH/c1-5-6-7-10(16-12(15)19)11(18)17-13(4,8-14)9(2)3;/h9-10H,5-8,14H2,1-4H3,(H,17,18)(H3,15,16,19);1H. The lowest BCUT2D eigenvalue weighted by Crippen LogP contribution is -2.60. The molecule has 0 aromatic heterocycles. The maximum atomic E-state index is 12.2. The van der Waals surface area contributed by atoms with Crippen molar-refractivity contribution in [2.45, 2.75) is 58.5 Å². The highest BCUT2D eigenvalue weighted by molar-refractivity contribution is 5.87. The fraction of sp³-hybridized carbons (Fsp3) is 0.846. The number of unbranched alkanes of at least 4 members (excludes halogenated alkanes) is 1. The van der Waals surface area contributed by atoms with Crippen LogP contribution in [0.1, 0.15) is 47.0 Å². The first kappa shape index (κ1) is 21.3. The number of carbonyl (C=O) groups excluding carboxylic acids is 2. The molecule has 0 aromatic rings. The molecule has 3 amide bonds. The van der Waals surface area contributed by atoms with Crippen molar-refractivity contribution in [3.05, 3.63) is 0 Å². The number of amides is 3. The van der Waals surface area contributed by atoms with Gasteiger partial charge < -0.3 is 22.1 Å². The van der Waals surface area contributed by atoms with Crippen LogP contribution < -0.4 is 22.1 Å². The fourth-order valence-corrected chi connectivity index (χ4v) is 1.65. The fourth-order valence-electron chi connectivity index (χ4n) is 1.65. The van der Waals surface area contributed by atoms with Crippen molar-refractivity contribution in [1.82, 2.24) is 10.6 Å². The molecule has 7 heteroatoms. The lowest BCUT2D eigenvalue weighted by molar-refractivity contribution is -0.125. The van der Waals surface area contributed by atoms with Crippen molar-refractivity contribution in [1.29, 1.82) is 0 Å². The van der Waals surface area contributed by atoms with Crippen molar-refractivity contribution in [2.24, 2.45) is 17.4 Å². The number of urea groups is 1. The van der Waals surface area contributed by atoms with Crippen LogP contribution in [0, 0.1) is 5.92 Å². The Labute approximate surface area is 127 Å². The molecule has 0 spiro atoms. The third kappa shape index (κ3) is 6.96. The van der Waals surface area contributed by atoms with Gasteiger partial charge in [0.2, 0.25) is 5.91 Å². The third-order valence-corrected chi connectivity index (χ3v) is 3.59. The van der Waals surface area contributed by atoms with E-state index in [-0.39, 0.29) is 24.2 Å². The van der Waals surface area contributed by atoms with Crippen LogP contribution in [0.4, 0.5) is 4.79 Å². The van der Waals surface area contributed by atoms with E-state index < -0.39 is 17.6 Å². The van der Waals surface area contributed by atoms with Crippen LogP contribution >= 0.6 is 12.4 Å². The number of hydrogen-bond acceptors (Lipinski definition) is 3. The first-order valence-electron chi connectivity index (χ1n) is 6.84. The van der Waals surface area contributed by atoms with Gasteiger partial charge in [-0.25, -0.2) is 4.79 Å². The highest BCUT2D eigenvalue weighted by Gasteiger charge is 2.31. The van der Waals surface area contributed by atoms with Gasteiger partial charge in [0.25, 0.3) is 0 Å². The van der Waals surface area contributed by atoms with Gasteiger partial charge in [0, 0.05) is 6.54 Å². The maximum Gasteiger partial charge on any atom is 0.312 e. The van der Waals surface area contributed by atoms with Gasteiger partial charge in [-0.05, 0) is 19.3 Å². The van der Waals surface area contributed by atoms with E-state index in [1.54, 1.807) is 0 Å². The summed E-state index contributed by atoms with van der Waals surface area (Å²) in [6.45, 7) is 8.26. The molecule has 2 unspecified atom stereocenters. The molecule has 0 aromatic carbocycles. The van der Waals surface area contributed by atoms with E-state index in [1.165, 1.54) is 0 Å². The van der Waals surface area contributed by atoms with E-state index in [1.807, 2.05) is 27.7 Å². The van der Waals surface area contributed by atoms with E-state index in [0.717, 1.165) is 12.8 Å². The number of nitrogens with one attached hydrogen (secondary N) is 2. The molecule has 0 radical (unpaired) electrons. The minimum absolute atomic E-state index is 0. The molecule has 6 nitrogen and oxygen atoms in total. The van der Waals surface area contributed by atoms with Crippen LogP contribution in [0.25, 0.3) is 0 Å². The summed E-state index contributed by atoms with van der Waals surface area (Å²) in [5, 5.41) is 5.41. The molecule has 2 atom stereocenters. The molecular weight excluding hydrogens is 280 g/mol. The van der Waals surface area contributed by atoms with Crippen LogP contribution in [0.3, 0.4) is 0 Å². The number of carbonyl (C=O) groups is 2. The van der Waals surface area contributed by atoms with E-state index >= 15 is 0 Å². The predicted molar refractivity (Wildman–Crippen MR) is 83.7 cm³/mol. The summed E-state index contributed by atoms with van der Waals surface area (Å²) in [5.41, 5.74) is 10.3. The van der Waals surface area contributed by atoms with E-state index in [2.05, 4.69) is 10.6 Å². The molecule has 0 aliphatic carbocycles. The molecule has 0 saturated heterocycles. The molecule has 0 aliphatic heterocycles. The van der Waals surface area contributed by atoms with Crippen LogP contribution in [0.5, 0.6) is 0 Å². The van der Waals surface area contributed by atoms with Crippen molar-refractivity contribution in [3.8, 4) is 0 Å². The SMILES string of the molecule is CCCCC(NC(N)=O)C(=O)NC(C)(CN)C(C)C.Cl. The van der Waals surface area contributed by atoms with Crippen molar-refractivity contribution >= 4 is 24.3 Å². The second-order valence-electron chi connectivity index (χ2n) is 5.47. The van der Waals surface area contributed by atoms with Gasteiger partial charge in [0.1, 0.15) is 6.04 Å². The third-order valence-electron chi connectivity index (χ3n) is 3.59. The molecular formula is C13H29ClN4O2. The zero-order valence-corrected chi connectivity index (χ0v) is 13.7. The van der Waals surface area contributed by atoms with Crippen LogP contribution in [0.15, 0.2) is 0 Å². The monoisotopic (exact) mass is 308 g/mol. The maximum absolute atomic E-state index is 12.2. The Morgan fingerprint density at radius 3 is 2.20 bits per heavy atom. The molecule has 120 valence electrons. The van der Waals surface area contributed by atoms with Gasteiger partial charge in [0.05, 0.1) is 5.54 Å². The summed E-state index contributed by atoms with van der Waals surface area (Å²) in [7, 11) is 0. The lowest BCUT2D eigenvalue weighted by atomic mass is 9.88. The number of halogens is 1. The van der Waals surface area contributed by atoms with Gasteiger partial charge in [0.15, 0.2) is 0 Å². The van der Waals surface area contributed by atoms with Crippen molar-refractivity contribution in [2.75, 3.05) is 6.54 Å². The normalized spacial score (nSPS) is 14.9. The minimum Gasteiger partial charge on any atom is -0.352 e. The molecule has 0 heterocycles. The molecule has 0 rings (SSSR count). The topological polar surface area (TPSA) is 110 Å². The second kappa shape index (κ2) is 9.83. The summed E-state index contributed by atoms with van der Waals surface area (Å²) in [4.78, 5) is 23.2. The molecule has 0 fully saturated rings. The van der Waals surface area contributed by atoms with E-state index in [9.17, 15) is 9.59 Å². The summed E-state index contributed by atoms with van der Waals surface area (Å²) in [6, 6.07) is -1.28. The Balaban J connectivity index is 0. The smallest absolute Gasteiger partial charge is 0.312 e. The van der Waals surface area contributed by atoms with Gasteiger partial charge in [-0.1, -0.05) is 33.6 Å². The Kier molecular flexibility index (Phi) is 10.5. The quantitative estimate of drug-likeness (QED) is 0.539. The van der Waals surface area contributed by atoms with Gasteiger partial charge in [-0.3, -0.25) is 4.79 Å². The average Bonchev–Trinajstić information content (AvgIpc) is 2.33. The number of hydrogen-bond donors (Lipinski definition) is 4. The molecule has 0 aliphatic rings. The highest BCUT2D eigenvalue weighted by Crippen LogP contribution is 2.15. The zero-order valence-electron chi connectivity index (χ0n) is 12.9. The van der Waals surface area contributed by atoms with Crippen molar-refractivity contribution in [3.63, 3.8) is 0 Å². The number of rotatable bonds is 8. The largest absolute Gasteiger partial charge is 0.352 e. The summed E-state index contributed by atoms with van der Waals surface area (Å²) >= 11 is 0. The predicted octanol–water partition coefficient (Wildman–Crippen LogP) is 1.12. The first-order valence-corrected chi connectivity index (χ1v) is 6.84. The Morgan fingerprint density at radius 1 is 1.30 bits per heavy atom. The van der Waals surface area contributed by atoms with E-state index in [0.29, 0.717) is 13.0 Å². The van der Waals surface area contributed by atoms with Gasteiger partial charge >= 0.3 is 6.03 Å². The molecule has 0 bridgehead atoms. The summed E-state index contributed by atoms with van der Waals surface area (Å²) in [6.07, 6.45) is 2.37. The van der Waals surface area contributed by atoms with Gasteiger partial charge in [-0.15, -0.1) is 12.4 Å². The van der Waals surface area contributed by atoms with E-state index in [4.69, 9.17) is 11.5 Å². The van der Waals surface area contributed by atoms with Crippen LogP contribution in [-0.4, -0.2) is 30.1 Å². The van der Waals surface area contributed by atoms with Crippen LogP contribution in [0.2, 0.25) is 0 Å². The lowest BCUT2D eigenvalue weighted by Gasteiger charge is -2.35. The average molecular weight is 309 g/mol. The number of nitrogens with two attached hydrogens (primary N) is 2. The Morgan fingerprint density at radius 2 is 1.85 bits per heavy atom. The zero-order chi connectivity index (χ0) is 15.1. The Hall–Kier alpha value is -1.01. The molecule has 0 saturated carbocycles. The Bertz CT molecular complexity index is 313.